The van der Waals surface area contributed by atoms with E-state index in [0.717, 1.165) is 60.1 Å². The Balaban J connectivity index is 1.21. The van der Waals surface area contributed by atoms with Gasteiger partial charge in [-0.3, -0.25) is 0 Å². The molecule has 0 bridgehead atoms. The van der Waals surface area contributed by atoms with Crippen LogP contribution in [0.1, 0.15) is 18.7 Å². The van der Waals surface area contributed by atoms with Crippen LogP contribution in [0.2, 0.25) is 0 Å². The van der Waals surface area contributed by atoms with Gasteiger partial charge in [-0.25, -0.2) is 9.66 Å². The molecule has 10 nitrogen and oxygen atoms in total. The lowest BCUT2D eigenvalue weighted by molar-refractivity contribution is 0.230. The third-order valence-electron chi connectivity index (χ3n) is 7.30. The van der Waals surface area contributed by atoms with Crippen LogP contribution in [0.5, 0.6) is 23.0 Å². The molecule has 2 aromatic heterocycles. The normalized spacial score (nSPS) is 16.7. The first kappa shape index (κ1) is 25.0. The Morgan fingerprint density at radius 2 is 1.79 bits per heavy atom. The minimum Gasteiger partial charge on any atom is -0.497 e. The highest BCUT2D eigenvalue weighted by Gasteiger charge is 2.25. The molecule has 4 aromatic rings. The van der Waals surface area contributed by atoms with Crippen LogP contribution in [0.4, 0.5) is 5.69 Å². The fourth-order valence-corrected chi connectivity index (χ4v) is 5.26. The van der Waals surface area contributed by atoms with Gasteiger partial charge in [0.05, 0.1) is 58.7 Å². The van der Waals surface area contributed by atoms with Gasteiger partial charge >= 0.3 is 0 Å². The second kappa shape index (κ2) is 10.4. The van der Waals surface area contributed by atoms with Crippen LogP contribution >= 0.6 is 0 Å². The Morgan fingerprint density at radius 3 is 2.56 bits per heavy atom. The Kier molecular flexibility index (Phi) is 6.68. The molecule has 4 heterocycles. The molecule has 2 aliphatic heterocycles. The van der Waals surface area contributed by atoms with E-state index in [4.69, 9.17) is 28.1 Å². The van der Waals surface area contributed by atoms with Crippen molar-refractivity contribution >= 4 is 22.6 Å². The maximum atomic E-state index is 6.44. The molecular formula is C29H32N4O6. The van der Waals surface area contributed by atoms with Crippen molar-refractivity contribution in [1.82, 2.24) is 9.66 Å². The van der Waals surface area contributed by atoms with Crippen molar-refractivity contribution in [2.24, 2.45) is 11.0 Å². The summed E-state index contributed by atoms with van der Waals surface area (Å²) in [6.07, 6.45) is 4.56. The van der Waals surface area contributed by atoms with Crippen LogP contribution < -0.4 is 23.8 Å². The van der Waals surface area contributed by atoms with Crippen molar-refractivity contribution < 1.29 is 28.1 Å². The van der Waals surface area contributed by atoms with Crippen molar-refractivity contribution in [3.8, 4) is 34.5 Å². The van der Waals surface area contributed by atoms with Gasteiger partial charge in [-0.1, -0.05) is 0 Å². The molecule has 6 rings (SSSR count). The Hall–Kier alpha value is -4.34. The third kappa shape index (κ3) is 4.82. The highest BCUT2D eigenvalue weighted by atomic mass is 16.5. The number of imidazole rings is 1. The van der Waals surface area contributed by atoms with Crippen LogP contribution in [-0.4, -0.2) is 63.7 Å². The third-order valence-corrected chi connectivity index (χ3v) is 7.30. The number of methoxy groups -OCH3 is 4. The quantitative estimate of drug-likeness (QED) is 0.314. The lowest BCUT2D eigenvalue weighted by Crippen LogP contribution is -2.38. The van der Waals surface area contributed by atoms with E-state index in [0.29, 0.717) is 47.6 Å². The summed E-state index contributed by atoms with van der Waals surface area (Å²) in [6.45, 7) is 2.42. The summed E-state index contributed by atoms with van der Waals surface area (Å²) in [5.74, 6) is 5.44. The monoisotopic (exact) mass is 532 g/mol. The molecule has 1 atom stereocenters. The first-order valence-electron chi connectivity index (χ1n) is 13.0. The average Bonchev–Trinajstić information content (AvgIpc) is 3.68. The number of nitrogens with zero attached hydrogens (tertiary/aromatic N) is 4. The van der Waals surface area contributed by atoms with Crippen molar-refractivity contribution in [1.29, 1.82) is 0 Å². The summed E-state index contributed by atoms with van der Waals surface area (Å²) < 4.78 is 36.1. The van der Waals surface area contributed by atoms with E-state index in [2.05, 4.69) is 21.1 Å². The minimum atomic E-state index is 0.349. The summed E-state index contributed by atoms with van der Waals surface area (Å²) in [4.78, 5) is 7.05. The van der Waals surface area contributed by atoms with Crippen LogP contribution in [0.25, 0.3) is 22.4 Å². The summed E-state index contributed by atoms with van der Waals surface area (Å²) >= 11 is 0. The number of piperidine rings is 1. The van der Waals surface area contributed by atoms with Crippen LogP contribution in [0, 0.1) is 5.92 Å². The van der Waals surface area contributed by atoms with Crippen molar-refractivity contribution in [3.63, 3.8) is 0 Å². The van der Waals surface area contributed by atoms with Crippen LogP contribution in [-0.2, 0) is 11.2 Å². The van der Waals surface area contributed by atoms with Gasteiger partial charge in [-0.05, 0) is 31.0 Å². The number of anilines is 1. The lowest BCUT2D eigenvalue weighted by Gasteiger charge is -2.35. The predicted molar refractivity (Wildman–Crippen MR) is 148 cm³/mol. The molecule has 2 aromatic carbocycles. The van der Waals surface area contributed by atoms with E-state index in [9.17, 15) is 0 Å². The minimum absolute atomic E-state index is 0.349. The van der Waals surface area contributed by atoms with Crippen molar-refractivity contribution in [3.05, 3.63) is 48.4 Å². The van der Waals surface area contributed by atoms with Gasteiger partial charge < -0.3 is 33.0 Å². The zero-order chi connectivity index (χ0) is 26.9. The van der Waals surface area contributed by atoms with Crippen molar-refractivity contribution in [2.75, 3.05) is 53.0 Å². The smallest absolute Gasteiger partial charge is 0.214 e. The fourth-order valence-electron chi connectivity index (χ4n) is 5.26. The molecule has 1 unspecified atom stereocenters. The summed E-state index contributed by atoms with van der Waals surface area (Å²) in [5.41, 5.74) is 2.46. The maximum absolute atomic E-state index is 6.44. The molecule has 0 radical (unpaired) electrons. The SMILES string of the molecule is COC1=Nn2cc(-c3cc4c(OCC5CCCN(c6ccc(OC)cc6OC)C5)cc(OC)cc4o3)nc2C1. The highest BCUT2D eigenvalue weighted by Crippen LogP contribution is 2.38. The zero-order valence-electron chi connectivity index (χ0n) is 22.6. The number of furan rings is 1. The highest BCUT2D eigenvalue weighted by molar-refractivity contribution is 5.89. The predicted octanol–water partition coefficient (Wildman–Crippen LogP) is 4.98. The van der Waals surface area contributed by atoms with Gasteiger partial charge in [0, 0.05) is 37.2 Å². The standard InChI is InChI=1S/C29H32N4O6/c1-34-19-7-8-23(27(10-19)36-3)32-9-5-6-18(15-32)17-38-24-11-20(35-2)12-25-21(24)13-26(39-25)22-16-33-28(30-22)14-29(31-33)37-4/h7-8,10-13,16,18H,5-6,9,14-15,17H2,1-4H3. The van der Waals surface area contributed by atoms with E-state index < -0.39 is 0 Å². The second-order valence-electron chi connectivity index (χ2n) is 9.71. The van der Waals surface area contributed by atoms with Crippen molar-refractivity contribution in [2.45, 2.75) is 19.3 Å². The zero-order valence-corrected chi connectivity index (χ0v) is 22.6. The second-order valence-corrected chi connectivity index (χ2v) is 9.71. The molecule has 0 N–H and O–H groups in total. The number of ether oxygens (including phenoxy) is 5. The van der Waals surface area contributed by atoms with Gasteiger partial charge in [0.15, 0.2) is 5.76 Å². The summed E-state index contributed by atoms with van der Waals surface area (Å²) in [5, 5.41) is 5.27. The summed E-state index contributed by atoms with van der Waals surface area (Å²) in [7, 11) is 6.61. The molecule has 204 valence electrons. The average molecular weight is 533 g/mol. The molecule has 0 amide bonds. The van der Waals surface area contributed by atoms with Gasteiger partial charge in [0.1, 0.15) is 40.1 Å². The molecule has 0 saturated carbocycles. The van der Waals surface area contributed by atoms with Gasteiger partial charge in [0.2, 0.25) is 5.90 Å². The van der Waals surface area contributed by atoms with Gasteiger partial charge in [0.25, 0.3) is 0 Å². The Labute approximate surface area is 226 Å². The topological polar surface area (TPSA) is 92.7 Å². The molecule has 10 heteroatoms. The molecule has 39 heavy (non-hydrogen) atoms. The molecule has 2 aliphatic rings. The van der Waals surface area contributed by atoms with Gasteiger partial charge in [-0.15, -0.1) is 5.10 Å². The van der Waals surface area contributed by atoms with E-state index >= 15 is 0 Å². The molecule has 0 aliphatic carbocycles. The summed E-state index contributed by atoms with van der Waals surface area (Å²) in [6, 6.07) is 11.7. The number of fused-ring (bicyclic) bond motifs is 2. The Bertz CT molecular complexity index is 1520. The Morgan fingerprint density at radius 1 is 0.949 bits per heavy atom. The number of rotatable bonds is 8. The number of hydrogen-bond acceptors (Lipinski definition) is 9. The van der Waals surface area contributed by atoms with Gasteiger partial charge in [-0.2, -0.15) is 0 Å². The van der Waals surface area contributed by atoms with Crippen LogP contribution in [0.3, 0.4) is 0 Å². The first-order chi connectivity index (χ1) is 19.1. The number of aromatic nitrogens is 2. The lowest BCUT2D eigenvalue weighted by atomic mass is 9.98. The molecule has 1 saturated heterocycles. The van der Waals surface area contributed by atoms with Crippen LogP contribution in [0.15, 0.2) is 52.1 Å². The fraction of sp³-hybridized carbons (Fsp3) is 0.379. The number of benzene rings is 2. The maximum Gasteiger partial charge on any atom is 0.214 e. The molecular weight excluding hydrogens is 500 g/mol. The number of hydrogen-bond donors (Lipinski definition) is 0. The largest absolute Gasteiger partial charge is 0.497 e. The van der Waals surface area contributed by atoms with E-state index in [1.165, 1.54) is 0 Å². The molecule has 0 spiro atoms. The first-order valence-corrected chi connectivity index (χ1v) is 13.0. The van der Waals surface area contributed by atoms with E-state index in [1.807, 2.05) is 36.5 Å². The molecule has 1 fully saturated rings. The van der Waals surface area contributed by atoms with E-state index in [-0.39, 0.29) is 0 Å². The van der Waals surface area contributed by atoms with E-state index in [1.54, 1.807) is 33.1 Å².